The number of aromatic nitrogens is 1. The van der Waals surface area contributed by atoms with Gasteiger partial charge in [-0.1, -0.05) is 40.0 Å². The van der Waals surface area contributed by atoms with E-state index in [9.17, 15) is 0 Å². The van der Waals surface area contributed by atoms with Gasteiger partial charge in [0.2, 0.25) is 5.88 Å². The second kappa shape index (κ2) is 10.7. The normalized spacial score (nSPS) is 10.8. The van der Waals surface area contributed by atoms with Crippen molar-refractivity contribution in [3.63, 3.8) is 0 Å². The molecule has 114 valence electrons. The van der Waals surface area contributed by atoms with E-state index in [2.05, 4.69) is 43.2 Å². The van der Waals surface area contributed by atoms with Gasteiger partial charge in [0, 0.05) is 18.3 Å². The summed E-state index contributed by atoms with van der Waals surface area (Å²) < 4.78 is 5.80. The van der Waals surface area contributed by atoms with Gasteiger partial charge >= 0.3 is 0 Å². The van der Waals surface area contributed by atoms with Crippen LogP contribution in [0.1, 0.15) is 64.1 Å². The average Bonchev–Trinajstić information content (AvgIpc) is 2.44. The zero-order chi connectivity index (χ0) is 14.6. The maximum Gasteiger partial charge on any atom is 0.213 e. The van der Waals surface area contributed by atoms with Gasteiger partial charge in [0.15, 0.2) is 0 Å². The summed E-state index contributed by atoms with van der Waals surface area (Å²) in [5, 5.41) is 3.44. The summed E-state index contributed by atoms with van der Waals surface area (Å²) in [5.74, 6) is 0.792. The van der Waals surface area contributed by atoms with Crippen molar-refractivity contribution >= 4 is 0 Å². The SMILES string of the molecule is CCCCCOc1cc(CNCCC)cc(CCC)n1. The van der Waals surface area contributed by atoms with E-state index in [0.29, 0.717) is 0 Å². The van der Waals surface area contributed by atoms with E-state index in [0.717, 1.165) is 57.0 Å². The quantitative estimate of drug-likeness (QED) is 0.619. The summed E-state index contributed by atoms with van der Waals surface area (Å²) in [6, 6.07) is 4.28. The van der Waals surface area contributed by atoms with Crippen molar-refractivity contribution in [2.45, 2.75) is 65.8 Å². The number of hydrogen-bond acceptors (Lipinski definition) is 3. The summed E-state index contributed by atoms with van der Waals surface area (Å²) in [6.07, 6.45) is 6.85. The Bertz CT molecular complexity index is 366. The second-order valence-electron chi connectivity index (χ2n) is 5.29. The fourth-order valence-electron chi connectivity index (χ4n) is 2.12. The fourth-order valence-corrected chi connectivity index (χ4v) is 2.12. The first-order chi connectivity index (χ1) is 9.80. The lowest BCUT2D eigenvalue weighted by atomic mass is 10.1. The summed E-state index contributed by atoms with van der Waals surface area (Å²) >= 11 is 0. The molecule has 0 aliphatic rings. The molecule has 0 amide bonds. The molecule has 1 aromatic heterocycles. The third-order valence-electron chi connectivity index (χ3n) is 3.17. The van der Waals surface area contributed by atoms with Gasteiger partial charge < -0.3 is 10.1 Å². The molecule has 1 heterocycles. The molecule has 0 spiro atoms. The van der Waals surface area contributed by atoms with Crippen molar-refractivity contribution in [2.75, 3.05) is 13.2 Å². The molecule has 0 aliphatic heterocycles. The predicted octanol–water partition coefficient (Wildman–Crippen LogP) is 4.10. The largest absolute Gasteiger partial charge is 0.478 e. The van der Waals surface area contributed by atoms with E-state index in [1.165, 1.54) is 18.4 Å². The van der Waals surface area contributed by atoms with E-state index in [-0.39, 0.29) is 0 Å². The Kier molecular flexibility index (Phi) is 9.05. The van der Waals surface area contributed by atoms with Gasteiger partial charge in [-0.15, -0.1) is 0 Å². The lowest BCUT2D eigenvalue weighted by Gasteiger charge is -2.10. The molecule has 0 aliphatic carbocycles. The number of nitrogens with zero attached hydrogens (tertiary/aromatic N) is 1. The molecule has 3 heteroatoms. The number of ether oxygens (including phenoxy) is 1. The van der Waals surface area contributed by atoms with Crippen molar-refractivity contribution in [3.05, 3.63) is 23.4 Å². The van der Waals surface area contributed by atoms with Gasteiger partial charge in [0.05, 0.1) is 6.61 Å². The van der Waals surface area contributed by atoms with Crippen LogP contribution in [0.5, 0.6) is 5.88 Å². The van der Waals surface area contributed by atoms with Crippen LogP contribution in [0.25, 0.3) is 0 Å². The van der Waals surface area contributed by atoms with Crippen LogP contribution in [0.4, 0.5) is 0 Å². The molecule has 20 heavy (non-hydrogen) atoms. The van der Waals surface area contributed by atoms with Crippen LogP contribution < -0.4 is 10.1 Å². The smallest absolute Gasteiger partial charge is 0.213 e. The molecule has 1 aromatic rings. The zero-order valence-electron chi connectivity index (χ0n) is 13.4. The lowest BCUT2D eigenvalue weighted by Crippen LogP contribution is -2.14. The Morgan fingerprint density at radius 3 is 2.60 bits per heavy atom. The third-order valence-corrected chi connectivity index (χ3v) is 3.17. The number of unbranched alkanes of at least 4 members (excludes halogenated alkanes) is 2. The molecule has 0 aromatic carbocycles. The minimum Gasteiger partial charge on any atom is -0.478 e. The molecule has 0 saturated heterocycles. The van der Waals surface area contributed by atoms with Crippen molar-refractivity contribution in [1.82, 2.24) is 10.3 Å². The number of hydrogen-bond donors (Lipinski definition) is 1. The molecule has 1 rings (SSSR count). The fraction of sp³-hybridized carbons (Fsp3) is 0.706. The number of aryl methyl sites for hydroxylation is 1. The number of pyridine rings is 1. The summed E-state index contributed by atoms with van der Waals surface area (Å²) in [5.41, 5.74) is 2.43. The van der Waals surface area contributed by atoms with Crippen molar-refractivity contribution in [3.8, 4) is 5.88 Å². The molecule has 0 atom stereocenters. The van der Waals surface area contributed by atoms with Gasteiger partial charge in [-0.3, -0.25) is 0 Å². The van der Waals surface area contributed by atoms with Crippen LogP contribution in [-0.2, 0) is 13.0 Å². The van der Waals surface area contributed by atoms with E-state index in [1.54, 1.807) is 0 Å². The molecular formula is C17H30N2O. The molecule has 1 N–H and O–H groups in total. The Hall–Kier alpha value is -1.09. The Morgan fingerprint density at radius 2 is 1.90 bits per heavy atom. The first kappa shape index (κ1) is 17.0. The van der Waals surface area contributed by atoms with Crippen LogP contribution in [0.2, 0.25) is 0 Å². The number of rotatable bonds is 11. The Morgan fingerprint density at radius 1 is 1.05 bits per heavy atom. The van der Waals surface area contributed by atoms with Crippen LogP contribution in [0, 0.1) is 0 Å². The average molecular weight is 278 g/mol. The molecule has 3 nitrogen and oxygen atoms in total. The minimum absolute atomic E-state index is 0.776. The second-order valence-corrected chi connectivity index (χ2v) is 5.29. The summed E-state index contributed by atoms with van der Waals surface area (Å²) in [4.78, 5) is 4.60. The first-order valence-corrected chi connectivity index (χ1v) is 8.13. The van der Waals surface area contributed by atoms with E-state index < -0.39 is 0 Å². The van der Waals surface area contributed by atoms with Gasteiger partial charge in [-0.2, -0.15) is 0 Å². The maximum atomic E-state index is 5.80. The first-order valence-electron chi connectivity index (χ1n) is 8.13. The summed E-state index contributed by atoms with van der Waals surface area (Å²) in [7, 11) is 0. The maximum absolute atomic E-state index is 5.80. The molecule has 0 bridgehead atoms. The van der Waals surface area contributed by atoms with Crippen LogP contribution >= 0.6 is 0 Å². The van der Waals surface area contributed by atoms with Crippen LogP contribution in [0.3, 0.4) is 0 Å². The van der Waals surface area contributed by atoms with Gasteiger partial charge in [-0.25, -0.2) is 4.98 Å². The molecule has 0 radical (unpaired) electrons. The van der Waals surface area contributed by atoms with E-state index in [1.807, 2.05) is 0 Å². The van der Waals surface area contributed by atoms with Crippen molar-refractivity contribution in [2.24, 2.45) is 0 Å². The minimum atomic E-state index is 0.776. The highest BCUT2D eigenvalue weighted by molar-refractivity contribution is 5.25. The van der Waals surface area contributed by atoms with Crippen molar-refractivity contribution < 1.29 is 4.74 Å². The Balaban J connectivity index is 2.60. The van der Waals surface area contributed by atoms with E-state index in [4.69, 9.17) is 4.74 Å². The van der Waals surface area contributed by atoms with Gasteiger partial charge in [0.25, 0.3) is 0 Å². The highest BCUT2D eigenvalue weighted by Crippen LogP contribution is 2.15. The predicted molar refractivity (Wildman–Crippen MR) is 85.2 cm³/mol. The molecule has 0 saturated carbocycles. The lowest BCUT2D eigenvalue weighted by molar-refractivity contribution is 0.293. The monoisotopic (exact) mass is 278 g/mol. The zero-order valence-corrected chi connectivity index (χ0v) is 13.4. The molecular weight excluding hydrogens is 248 g/mol. The highest BCUT2D eigenvalue weighted by Gasteiger charge is 2.04. The molecule has 0 unspecified atom stereocenters. The van der Waals surface area contributed by atoms with Crippen molar-refractivity contribution in [1.29, 1.82) is 0 Å². The third kappa shape index (κ3) is 6.90. The summed E-state index contributed by atoms with van der Waals surface area (Å²) in [6.45, 7) is 9.31. The standard InChI is InChI=1S/C17H30N2O/c1-4-7-8-11-20-17-13-15(14-18-10-6-3)12-16(19-17)9-5-2/h12-13,18H,4-11,14H2,1-3H3. The highest BCUT2D eigenvalue weighted by atomic mass is 16.5. The molecule has 0 fully saturated rings. The van der Waals surface area contributed by atoms with Gasteiger partial charge in [0.1, 0.15) is 0 Å². The van der Waals surface area contributed by atoms with Gasteiger partial charge in [-0.05, 0) is 37.4 Å². The van der Waals surface area contributed by atoms with Crippen LogP contribution in [0.15, 0.2) is 12.1 Å². The van der Waals surface area contributed by atoms with E-state index >= 15 is 0 Å². The topological polar surface area (TPSA) is 34.1 Å². The Labute approximate surface area is 124 Å². The number of nitrogens with one attached hydrogen (secondary N) is 1. The van der Waals surface area contributed by atoms with Crippen LogP contribution in [-0.4, -0.2) is 18.1 Å².